The van der Waals surface area contributed by atoms with Crippen molar-refractivity contribution in [1.82, 2.24) is 10.9 Å². The lowest BCUT2D eigenvalue weighted by atomic mass is 10.1. The SMILES string of the molecule is Cc1cc(Cl)cc2c1N(C)C(NNC(N)=S)C2. The van der Waals surface area contributed by atoms with Crippen molar-refractivity contribution < 1.29 is 0 Å². The van der Waals surface area contributed by atoms with Gasteiger partial charge in [0.2, 0.25) is 0 Å². The highest BCUT2D eigenvalue weighted by atomic mass is 35.5. The fraction of sp³-hybridized carbons (Fsp3) is 0.364. The Morgan fingerprint density at radius 1 is 1.59 bits per heavy atom. The first kappa shape index (κ1) is 12.4. The highest BCUT2D eigenvalue weighted by Gasteiger charge is 2.27. The van der Waals surface area contributed by atoms with E-state index >= 15 is 0 Å². The minimum atomic E-state index is 0.128. The number of nitrogens with zero attached hydrogens (tertiary/aromatic N) is 1. The summed E-state index contributed by atoms with van der Waals surface area (Å²) in [6.45, 7) is 2.06. The van der Waals surface area contributed by atoms with E-state index in [1.54, 1.807) is 0 Å². The highest BCUT2D eigenvalue weighted by Crippen LogP contribution is 2.35. The Kier molecular flexibility index (Phi) is 3.42. The van der Waals surface area contributed by atoms with Gasteiger partial charge >= 0.3 is 0 Å². The van der Waals surface area contributed by atoms with Crippen molar-refractivity contribution in [3.8, 4) is 0 Å². The molecule has 6 heteroatoms. The molecule has 0 saturated carbocycles. The largest absolute Gasteiger partial charge is 0.375 e. The van der Waals surface area contributed by atoms with E-state index in [-0.39, 0.29) is 11.3 Å². The Hall–Kier alpha value is -1.04. The van der Waals surface area contributed by atoms with Crippen LogP contribution in [-0.4, -0.2) is 18.3 Å². The van der Waals surface area contributed by atoms with Crippen LogP contribution in [0, 0.1) is 6.92 Å². The summed E-state index contributed by atoms with van der Waals surface area (Å²) in [6.07, 6.45) is 0.992. The van der Waals surface area contributed by atoms with Crippen molar-refractivity contribution in [3.05, 3.63) is 28.3 Å². The minimum absolute atomic E-state index is 0.128. The van der Waals surface area contributed by atoms with Gasteiger partial charge < -0.3 is 10.6 Å². The average Bonchev–Trinajstić information content (AvgIpc) is 2.52. The first-order valence-electron chi connectivity index (χ1n) is 5.32. The monoisotopic (exact) mass is 270 g/mol. The number of halogens is 1. The van der Waals surface area contributed by atoms with Gasteiger partial charge in [0.1, 0.15) is 6.17 Å². The van der Waals surface area contributed by atoms with Gasteiger partial charge in [0, 0.05) is 24.2 Å². The molecule has 92 valence electrons. The third-order valence-corrected chi connectivity index (χ3v) is 3.26. The zero-order valence-corrected chi connectivity index (χ0v) is 11.3. The summed E-state index contributed by atoms with van der Waals surface area (Å²) in [5.74, 6) is 0. The summed E-state index contributed by atoms with van der Waals surface area (Å²) in [4.78, 5) is 2.16. The lowest BCUT2D eigenvalue weighted by Gasteiger charge is -2.25. The van der Waals surface area contributed by atoms with Gasteiger partial charge in [0.15, 0.2) is 5.11 Å². The van der Waals surface area contributed by atoms with Gasteiger partial charge in [-0.05, 0) is 42.4 Å². The molecule has 4 N–H and O–H groups in total. The zero-order chi connectivity index (χ0) is 12.6. The molecule has 0 amide bonds. The molecule has 1 unspecified atom stereocenters. The van der Waals surface area contributed by atoms with Gasteiger partial charge in [-0.25, -0.2) is 5.43 Å². The number of hydrogen-bond donors (Lipinski definition) is 3. The number of hydrazine groups is 1. The molecule has 1 aliphatic heterocycles. The van der Waals surface area contributed by atoms with E-state index in [2.05, 4.69) is 22.7 Å². The molecule has 0 saturated heterocycles. The molecule has 1 aromatic rings. The second-order valence-corrected chi connectivity index (χ2v) is 5.07. The summed E-state index contributed by atoms with van der Waals surface area (Å²) < 4.78 is 0. The minimum Gasteiger partial charge on any atom is -0.375 e. The maximum atomic E-state index is 6.06. The van der Waals surface area contributed by atoms with Crippen LogP contribution in [0.5, 0.6) is 0 Å². The van der Waals surface area contributed by atoms with Crippen LogP contribution in [0.1, 0.15) is 11.1 Å². The topological polar surface area (TPSA) is 53.3 Å². The lowest BCUT2D eigenvalue weighted by Crippen LogP contribution is -2.52. The number of nitrogens with one attached hydrogen (secondary N) is 2. The molecule has 0 bridgehead atoms. The van der Waals surface area contributed by atoms with Crippen molar-refractivity contribution >= 4 is 34.6 Å². The molecule has 1 heterocycles. The van der Waals surface area contributed by atoms with Crippen molar-refractivity contribution in [2.75, 3.05) is 11.9 Å². The van der Waals surface area contributed by atoms with Crippen LogP contribution in [0.15, 0.2) is 12.1 Å². The molecule has 0 radical (unpaired) electrons. The third kappa shape index (κ3) is 2.46. The summed E-state index contributed by atoms with van der Waals surface area (Å²) in [5.41, 5.74) is 14.9. The average molecular weight is 271 g/mol. The van der Waals surface area contributed by atoms with E-state index < -0.39 is 0 Å². The molecule has 0 spiro atoms. The molecule has 1 aromatic carbocycles. The number of aryl methyl sites for hydroxylation is 1. The fourth-order valence-electron chi connectivity index (χ4n) is 2.27. The Balaban J connectivity index is 2.20. The van der Waals surface area contributed by atoms with Crippen molar-refractivity contribution in [2.45, 2.75) is 19.5 Å². The Bertz CT molecular complexity index is 463. The third-order valence-electron chi connectivity index (χ3n) is 2.94. The van der Waals surface area contributed by atoms with Gasteiger partial charge in [0.25, 0.3) is 0 Å². The van der Waals surface area contributed by atoms with Crippen LogP contribution in [0.25, 0.3) is 0 Å². The van der Waals surface area contributed by atoms with Gasteiger partial charge in [-0.3, -0.25) is 5.43 Å². The zero-order valence-electron chi connectivity index (χ0n) is 9.75. The number of benzene rings is 1. The van der Waals surface area contributed by atoms with Gasteiger partial charge in [-0.15, -0.1) is 0 Å². The first-order valence-corrected chi connectivity index (χ1v) is 6.10. The quantitative estimate of drug-likeness (QED) is 0.559. The summed E-state index contributed by atoms with van der Waals surface area (Å²) in [5, 5.41) is 1.02. The number of anilines is 1. The molecule has 1 atom stereocenters. The van der Waals surface area contributed by atoms with Crippen LogP contribution < -0.4 is 21.5 Å². The summed E-state index contributed by atoms with van der Waals surface area (Å²) >= 11 is 10.8. The number of hydrogen-bond acceptors (Lipinski definition) is 3. The molecular weight excluding hydrogens is 256 g/mol. The van der Waals surface area contributed by atoms with E-state index in [1.165, 1.54) is 16.8 Å². The van der Waals surface area contributed by atoms with Crippen LogP contribution in [0.3, 0.4) is 0 Å². The molecule has 17 heavy (non-hydrogen) atoms. The molecule has 0 aliphatic carbocycles. The summed E-state index contributed by atoms with van der Waals surface area (Å²) in [6, 6.07) is 3.98. The maximum Gasteiger partial charge on any atom is 0.178 e. The van der Waals surface area contributed by atoms with Crippen molar-refractivity contribution in [3.63, 3.8) is 0 Å². The lowest BCUT2D eigenvalue weighted by molar-refractivity contribution is 0.500. The van der Waals surface area contributed by atoms with Gasteiger partial charge in [-0.1, -0.05) is 11.6 Å². The van der Waals surface area contributed by atoms with E-state index in [1.807, 2.05) is 19.2 Å². The highest BCUT2D eigenvalue weighted by molar-refractivity contribution is 7.80. The fourth-order valence-corrected chi connectivity index (χ4v) is 2.62. The van der Waals surface area contributed by atoms with E-state index in [4.69, 9.17) is 29.6 Å². The van der Waals surface area contributed by atoms with E-state index in [0.29, 0.717) is 0 Å². The number of nitrogens with two attached hydrogens (primary N) is 1. The van der Waals surface area contributed by atoms with Crippen molar-refractivity contribution in [2.24, 2.45) is 5.73 Å². The first-order chi connectivity index (χ1) is 7.99. The molecule has 0 fully saturated rings. The molecular formula is C11H15ClN4S. The molecule has 4 nitrogen and oxygen atoms in total. The Morgan fingerprint density at radius 3 is 2.94 bits per heavy atom. The number of likely N-dealkylation sites (N-methyl/N-ethyl adjacent to an activating group) is 1. The van der Waals surface area contributed by atoms with Crippen molar-refractivity contribution in [1.29, 1.82) is 0 Å². The standard InChI is InChI=1S/C11H15ClN4S/c1-6-3-8(12)4-7-5-9(14-15-11(13)17)16(2)10(6)7/h3-4,9,14H,5H2,1-2H3,(H3,13,15,17). The van der Waals surface area contributed by atoms with Crippen LogP contribution in [0.4, 0.5) is 5.69 Å². The van der Waals surface area contributed by atoms with Crippen LogP contribution >= 0.6 is 23.8 Å². The predicted octanol–water partition coefficient (Wildman–Crippen LogP) is 1.30. The second kappa shape index (κ2) is 4.68. The summed E-state index contributed by atoms with van der Waals surface area (Å²) in [7, 11) is 2.03. The Morgan fingerprint density at radius 2 is 2.29 bits per heavy atom. The number of thiocarbonyl (C=S) groups is 1. The van der Waals surface area contributed by atoms with E-state index in [0.717, 1.165) is 11.4 Å². The van der Waals surface area contributed by atoms with Crippen LogP contribution in [0.2, 0.25) is 5.02 Å². The molecule has 1 aliphatic rings. The van der Waals surface area contributed by atoms with E-state index in [9.17, 15) is 0 Å². The normalized spacial score (nSPS) is 18.1. The van der Waals surface area contributed by atoms with Gasteiger partial charge in [-0.2, -0.15) is 0 Å². The predicted molar refractivity (Wildman–Crippen MR) is 75.1 cm³/mol. The molecule has 2 rings (SSSR count). The second-order valence-electron chi connectivity index (χ2n) is 4.19. The Labute approximate surface area is 111 Å². The number of fused-ring (bicyclic) bond motifs is 1. The molecule has 0 aromatic heterocycles. The van der Waals surface area contributed by atoms with Gasteiger partial charge in [0.05, 0.1) is 0 Å². The maximum absolute atomic E-state index is 6.06. The smallest absolute Gasteiger partial charge is 0.178 e. The van der Waals surface area contributed by atoms with Crippen LogP contribution in [-0.2, 0) is 6.42 Å². The number of rotatable bonds is 2.